The molecule has 0 aliphatic rings. The average molecular weight is 462 g/mol. The summed E-state index contributed by atoms with van der Waals surface area (Å²) in [6.07, 6.45) is -0.197. The van der Waals surface area contributed by atoms with Crippen molar-refractivity contribution in [2.75, 3.05) is 27.4 Å². The number of benzene rings is 1. The second-order valence-electron chi connectivity index (χ2n) is 5.02. The van der Waals surface area contributed by atoms with Crippen LogP contribution in [0.1, 0.15) is 23.2 Å². The monoisotopic (exact) mass is 461 g/mol. The maximum atomic E-state index is 12.0. The first-order valence-corrected chi connectivity index (χ1v) is 8.95. The van der Waals surface area contributed by atoms with E-state index in [2.05, 4.69) is 32.1 Å². The quantitative estimate of drug-likeness (QED) is 0.228. The van der Waals surface area contributed by atoms with Crippen LogP contribution in [0.4, 0.5) is 0 Å². The van der Waals surface area contributed by atoms with Crippen LogP contribution in [0.5, 0.6) is 5.75 Å². The summed E-state index contributed by atoms with van der Waals surface area (Å²) in [7, 11) is 3.00. The van der Waals surface area contributed by atoms with E-state index in [0.717, 1.165) is 0 Å². The van der Waals surface area contributed by atoms with Crippen LogP contribution in [0.25, 0.3) is 0 Å². The van der Waals surface area contributed by atoms with Crippen molar-refractivity contribution in [1.29, 1.82) is 0 Å². The van der Waals surface area contributed by atoms with Gasteiger partial charge in [0.1, 0.15) is 12.4 Å². The number of amides is 2. The standard InChI is InChI=1S/C16H20BrN3O6S/c1-24-7-8-26-14(22)6-5-13(21)18-16(27)20-19-15(23)10-3-4-12(25-2)11(17)9-10/h3-4,9H,5-8H2,1-2H3,(H,19,23)(H2,18,20,21,27). The second kappa shape index (κ2) is 12.2. The molecule has 0 aliphatic carbocycles. The van der Waals surface area contributed by atoms with Crippen molar-refractivity contribution in [2.45, 2.75) is 12.8 Å². The Bertz CT molecular complexity index is 701. The number of hydrazine groups is 1. The molecular weight excluding hydrogens is 442 g/mol. The number of hydrogen-bond donors (Lipinski definition) is 3. The van der Waals surface area contributed by atoms with Gasteiger partial charge in [0.2, 0.25) is 5.91 Å². The van der Waals surface area contributed by atoms with Crippen LogP contribution in [-0.4, -0.2) is 50.3 Å². The highest BCUT2D eigenvalue weighted by Crippen LogP contribution is 2.25. The Balaban J connectivity index is 2.33. The number of nitrogens with one attached hydrogen (secondary N) is 3. The predicted octanol–water partition coefficient (Wildman–Crippen LogP) is 1.06. The molecule has 9 nitrogen and oxygen atoms in total. The van der Waals surface area contributed by atoms with Gasteiger partial charge in [-0.2, -0.15) is 0 Å². The van der Waals surface area contributed by atoms with E-state index >= 15 is 0 Å². The zero-order chi connectivity index (χ0) is 20.2. The third kappa shape index (κ3) is 8.80. The summed E-state index contributed by atoms with van der Waals surface area (Å²) in [5.74, 6) is -0.878. The van der Waals surface area contributed by atoms with Gasteiger partial charge in [-0.1, -0.05) is 0 Å². The normalized spacial score (nSPS) is 9.89. The minimum absolute atomic E-state index is 0.0929. The second-order valence-corrected chi connectivity index (χ2v) is 6.28. The summed E-state index contributed by atoms with van der Waals surface area (Å²) >= 11 is 8.19. The molecule has 0 bridgehead atoms. The summed E-state index contributed by atoms with van der Waals surface area (Å²) in [5, 5.41) is 2.24. The fourth-order valence-electron chi connectivity index (χ4n) is 1.74. The van der Waals surface area contributed by atoms with Crippen LogP contribution in [0.2, 0.25) is 0 Å². The van der Waals surface area contributed by atoms with Crippen LogP contribution < -0.4 is 20.9 Å². The highest BCUT2D eigenvalue weighted by atomic mass is 79.9. The number of carbonyl (C=O) groups excluding carboxylic acids is 3. The first-order chi connectivity index (χ1) is 12.9. The molecule has 27 heavy (non-hydrogen) atoms. The summed E-state index contributed by atoms with van der Waals surface area (Å²) in [5.41, 5.74) is 5.12. The maximum Gasteiger partial charge on any atom is 0.306 e. The van der Waals surface area contributed by atoms with E-state index in [1.165, 1.54) is 14.2 Å². The van der Waals surface area contributed by atoms with E-state index < -0.39 is 17.8 Å². The van der Waals surface area contributed by atoms with E-state index in [9.17, 15) is 14.4 Å². The van der Waals surface area contributed by atoms with Crippen molar-refractivity contribution in [3.05, 3.63) is 28.2 Å². The number of hydrogen-bond acceptors (Lipinski definition) is 7. The number of methoxy groups -OCH3 is 2. The van der Waals surface area contributed by atoms with Gasteiger partial charge in [0, 0.05) is 19.1 Å². The Labute approximate surface area is 170 Å². The molecule has 1 aromatic rings. The average Bonchev–Trinajstić information content (AvgIpc) is 2.64. The van der Waals surface area contributed by atoms with Gasteiger partial charge in [0.05, 0.1) is 24.6 Å². The Hall–Kier alpha value is -2.24. The molecule has 1 rings (SSSR count). The molecular formula is C16H20BrN3O6S. The highest BCUT2D eigenvalue weighted by Gasteiger charge is 2.11. The van der Waals surface area contributed by atoms with Gasteiger partial charge >= 0.3 is 5.97 Å². The van der Waals surface area contributed by atoms with Crippen molar-refractivity contribution in [2.24, 2.45) is 0 Å². The number of carbonyl (C=O) groups is 3. The Morgan fingerprint density at radius 1 is 1.11 bits per heavy atom. The number of thiocarbonyl (C=S) groups is 1. The van der Waals surface area contributed by atoms with Crippen molar-refractivity contribution in [3.8, 4) is 5.75 Å². The lowest BCUT2D eigenvalue weighted by Crippen LogP contribution is -2.48. The predicted molar refractivity (Wildman–Crippen MR) is 104 cm³/mol. The van der Waals surface area contributed by atoms with Gasteiger partial charge in [0.25, 0.3) is 5.91 Å². The van der Waals surface area contributed by atoms with E-state index in [1.807, 2.05) is 0 Å². The van der Waals surface area contributed by atoms with Crippen LogP contribution in [0.15, 0.2) is 22.7 Å². The van der Waals surface area contributed by atoms with Crippen LogP contribution in [0, 0.1) is 0 Å². The van der Waals surface area contributed by atoms with Gasteiger partial charge < -0.3 is 19.5 Å². The molecule has 148 valence electrons. The Morgan fingerprint density at radius 2 is 1.85 bits per heavy atom. The summed E-state index contributed by atoms with van der Waals surface area (Å²) in [4.78, 5) is 35.1. The molecule has 11 heteroatoms. The lowest BCUT2D eigenvalue weighted by molar-refractivity contribution is -0.146. The topological polar surface area (TPSA) is 115 Å². The van der Waals surface area contributed by atoms with Gasteiger partial charge in [-0.15, -0.1) is 0 Å². The molecule has 3 N–H and O–H groups in total. The molecule has 0 saturated carbocycles. The molecule has 0 saturated heterocycles. The summed E-state index contributed by atoms with van der Waals surface area (Å²) < 4.78 is 15.3. The lowest BCUT2D eigenvalue weighted by atomic mass is 10.2. The van der Waals surface area contributed by atoms with Gasteiger partial charge in [-0.3, -0.25) is 25.2 Å². The zero-order valence-electron chi connectivity index (χ0n) is 14.8. The largest absolute Gasteiger partial charge is 0.496 e. The number of halogens is 1. The molecule has 0 heterocycles. The van der Waals surface area contributed by atoms with Crippen LogP contribution in [-0.2, 0) is 19.1 Å². The first kappa shape index (κ1) is 22.8. The van der Waals surface area contributed by atoms with Crippen molar-refractivity contribution < 1.29 is 28.6 Å². The van der Waals surface area contributed by atoms with E-state index in [-0.39, 0.29) is 31.2 Å². The highest BCUT2D eigenvalue weighted by molar-refractivity contribution is 9.10. The van der Waals surface area contributed by atoms with E-state index in [1.54, 1.807) is 18.2 Å². The minimum Gasteiger partial charge on any atom is -0.496 e. The molecule has 2 amide bonds. The Kier molecular flexibility index (Phi) is 10.3. The first-order valence-electron chi connectivity index (χ1n) is 7.75. The minimum atomic E-state index is -0.514. The fraction of sp³-hybridized carbons (Fsp3) is 0.375. The molecule has 0 aliphatic heterocycles. The number of ether oxygens (including phenoxy) is 3. The van der Waals surface area contributed by atoms with Gasteiger partial charge in [-0.05, 0) is 46.3 Å². The Morgan fingerprint density at radius 3 is 2.48 bits per heavy atom. The third-order valence-corrected chi connectivity index (χ3v) is 3.89. The summed E-state index contributed by atoms with van der Waals surface area (Å²) in [6.45, 7) is 0.417. The summed E-state index contributed by atoms with van der Waals surface area (Å²) in [6, 6.07) is 4.77. The fourth-order valence-corrected chi connectivity index (χ4v) is 2.45. The van der Waals surface area contributed by atoms with Crippen LogP contribution in [0.3, 0.4) is 0 Å². The molecule has 0 atom stereocenters. The van der Waals surface area contributed by atoms with Crippen molar-refractivity contribution in [3.63, 3.8) is 0 Å². The SMILES string of the molecule is COCCOC(=O)CCC(=O)NC(=S)NNC(=O)c1ccc(OC)c(Br)c1. The zero-order valence-corrected chi connectivity index (χ0v) is 17.2. The van der Waals surface area contributed by atoms with Crippen molar-refractivity contribution in [1.82, 2.24) is 16.2 Å². The number of esters is 1. The van der Waals surface area contributed by atoms with Crippen LogP contribution >= 0.6 is 28.1 Å². The smallest absolute Gasteiger partial charge is 0.306 e. The van der Waals surface area contributed by atoms with E-state index in [0.29, 0.717) is 15.8 Å². The molecule has 1 aromatic carbocycles. The molecule has 0 fully saturated rings. The third-order valence-electron chi connectivity index (χ3n) is 3.06. The molecule has 0 aromatic heterocycles. The molecule has 0 radical (unpaired) electrons. The van der Waals surface area contributed by atoms with E-state index in [4.69, 9.17) is 26.4 Å². The van der Waals surface area contributed by atoms with Gasteiger partial charge in [0.15, 0.2) is 5.11 Å². The maximum absolute atomic E-state index is 12.0. The molecule has 0 spiro atoms. The number of rotatable bonds is 8. The lowest BCUT2D eigenvalue weighted by Gasteiger charge is -2.11. The van der Waals surface area contributed by atoms with Crippen molar-refractivity contribution >= 4 is 51.0 Å². The molecule has 0 unspecified atom stereocenters. The van der Waals surface area contributed by atoms with Gasteiger partial charge in [-0.25, -0.2) is 0 Å².